The van der Waals surface area contributed by atoms with E-state index >= 15 is 0 Å². The van der Waals surface area contributed by atoms with Crippen molar-refractivity contribution < 1.29 is 8.42 Å². The first-order valence-electron chi connectivity index (χ1n) is 6.83. The van der Waals surface area contributed by atoms with Gasteiger partial charge < -0.3 is 10.2 Å². The summed E-state index contributed by atoms with van der Waals surface area (Å²) in [6, 6.07) is 2.12. The second kappa shape index (κ2) is 8.09. The molecule has 0 saturated carbocycles. The van der Waals surface area contributed by atoms with Gasteiger partial charge in [0, 0.05) is 30.6 Å². The van der Waals surface area contributed by atoms with Gasteiger partial charge in [-0.15, -0.1) is 11.3 Å². The summed E-state index contributed by atoms with van der Waals surface area (Å²) in [5.74, 6) is 0. The average molecular weight is 319 g/mol. The molecular weight excluding hydrogens is 294 g/mol. The zero-order chi connectivity index (χ0) is 15.2. The van der Waals surface area contributed by atoms with Gasteiger partial charge in [-0.25, -0.2) is 13.1 Å². The molecule has 0 bridgehead atoms. The molecule has 0 aromatic carbocycles. The molecule has 0 radical (unpaired) electrons. The maximum Gasteiger partial charge on any atom is 0.241 e. The smallest absolute Gasteiger partial charge is 0.241 e. The van der Waals surface area contributed by atoms with Crippen LogP contribution in [-0.4, -0.2) is 46.5 Å². The van der Waals surface area contributed by atoms with Gasteiger partial charge >= 0.3 is 0 Å². The van der Waals surface area contributed by atoms with Crippen molar-refractivity contribution in [3.8, 4) is 0 Å². The molecule has 0 fully saturated rings. The lowest BCUT2D eigenvalue weighted by Crippen LogP contribution is -2.37. The SMILES string of the molecule is CCC(C)N(C)CCNS(=O)(=O)c1ccsc1CNC. The van der Waals surface area contributed by atoms with Gasteiger partial charge in [0.2, 0.25) is 10.0 Å². The van der Waals surface area contributed by atoms with E-state index in [0.29, 0.717) is 30.6 Å². The Kier molecular flexibility index (Phi) is 7.11. The second-order valence-electron chi connectivity index (χ2n) is 4.87. The fourth-order valence-corrected chi connectivity index (χ4v) is 4.30. The summed E-state index contributed by atoms with van der Waals surface area (Å²) >= 11 is 1.46. The van der Waals surface area contributed by atoms with Crippen LogP contribution in [0.15, 0.2) is 16.3 Å². The summed E-state index contributed by atoms with van der Waals surface area (Å²) < 4.78 is 27.2. The van der Waals surface area contributed by atoms with Crippen molar-refractivity contribution in [1.29, 1.82) is 0 Å². The van der Waals surface area contributed by atoms with Crippen LogP contribution in [0, 0.1) is 0 Å². The average Bonchev–Trinajstić information content (AvgIpc) is 2.87. The number of rotatable bonds is 9. The highest BCUT2D eigenvalue weighted by atomic mass is 32.2. The standard InChI is InChI=1S/C13H25N3O2S2/c1-5-11(2)16(4)8-7-15-20(17,18)13-6-9-19-12(13)10-14-3/h6,9,11,14-15H,5,7-8,10H2,1-4H3. The molecule has 7 heteroatoms. The largest absolute Gasteiger partial charge is 0.315 e. The number of hydrogen-bond donors (Lipinski definition) is 2. The van der Waals surface area contributed by atoms with E-state index in [9.17, 15) is 8.42 Å². The predicted octanol–water partition coefficient (Wildman–Crippen LogP) is 1.48. The molecular formula is C13H25N3O2S2. The first-order chi connectivity index (χ1) is 9.42. The first kappa shape index (κ1) is 17.6. The molecule has 116 valence electrons. The number of nitrogens with zero attached hydrogens (tertiary/aromatic N) is 1. The predicted molar refractivity (Wildman–Crippen MR) is 84.7 cm³/mol. The minimum absolute atomic E-state index is 0.392. The van der Waals surface area contributed by atoms with Crippen LogP contribution in [-0.2, 0) is 16.6 Å². The van der Waals surface area contributed by atoms with Crippen molar-refractivity contribution in [1.82, 2.24) is 14.9 Å². The minimum atomic E-state index is -3.40. The van der Waals surface area contributed by atoms with E-state index in [1.807, 2.05) is 19.5 Å². The molecule has 0 aliphatic rings. The molecule has 1 unspecified atom stereocenters. The molecule has 0 aliphatic heterocycles. The minimum Gasteiger partial charge on any atom is -0.315 e. The summed E-state index contributed by atoms with van der Waals surface area (Å²) in [6.45, 7) is 5.97. The number of thiophene rings is 1. The van der Waals surface area contributed by atoms with E-state index in [-0.39, 0.29) is 0 Å². The Morgan fingerprint density at radius 2 is 2.15 bits per heavy atom. The molecule has 0 amide bonds. The summed E-state index contributed by atoms with van der Waals surface area (Å²) in [5, 5.41) is 4.80. The zero-order valence-corrected chi connectivity index (χ0v) is 14.3. The third-order valence-electron chi connectivity index (χ3n) is 3.43. The molecule has 0 aliphatic carbocycles. The van der Waals surface area contributed by atoms with E-state index in [2.05, 4.69) is 28.8 Å². The third kappa shape index (κ3) is 4.82. The lowest BCUT2D eigenvalue weighted by atomic mass is 10.2. The summed E-state index contributed by atoms with van der Waals surface area (Å²) in [4.78, 5) is 3.39. The number of likely N-dealkylation sites (N-methyl/N-ethyl adjacent to an activating group) is 1. The summed E-state index contributed by atoms with van der Waals surface area (Å²) in [5.41, 5.74) is 0. The topological polar surface area (TPSA) is 61.4 Å². The third-order valence-corrected chi connectivity index (χ3v) is 6.03. The van der Waals surface area contributed by atoms with E-state index in [1.54, 1.807) is 6.07 Å². The lowest BCUT2D eigenvalue weighted by molar-refractivity contribution is 0.256. The van der Waals surface area contributed by atoms with Gasteiger partial charge in [0.05, 0.1) is 4.90 Å². The van der Waals surface area contributed by atoms with Crippen LogP contribution < -0.4 is 10.0 Å². The normalized spacial score (nSPS) is 13.8. The van der Waals surface area contributed by atoms with Crippen molar-refractivity contribution in [3.63, 3.8) is 0 Å². The van der Waals surface area contributed by atoms with Gasteiger partial charge in [0.25, 0.3) is 0 Å². The molecule has 1 heterocycles. The summed E-state index contributed by atoms with van der Waals surface area (Å²) in [6.07, 6.45) is 1.06. The van der Waals surface area contributed by atoms with Crippen LogP contribution in [0.4, 0.5) is 0 Å². The Morgan fingerprint density at radius 1 is 1.45 bits per heavy atom. The van der Waals surface area contributed by atoms with E-state index < -0.39 is 10.0 Å². The van der Waals surface area contributed by atoms with Crippen LogP contribution >= 0.6 is 11.3 Å². The number of hydrogen-bond acceptors (Lipinski definition) is 5. The lowest BCUT2D eigenvalue weighted by Gasteiger charge is -2.23. The molecule has 0 saturated heterocycles. The molecule has 2 N–H and O–H groups in total. The van der Waals surface area contributed by atoms with Gasteiger partial charge in [-0.2, -0.15) is 0 Å². The molecule has 20 heavy (non-hydrogen) atoms. The van der Waals surface area contributed by atoms with E-state index in [4.69, 9.17) is 0 Å². The fourth-order valence-electron chi connectivity index (χ4n) is 1.82. The Labute approximate surface area is 126 Å². The molecule has 1 aromatic heterocycles. The first-order valence-corrected chi connectivity index (χ1v) is 9.19. The van der Waals surface area contributed by atoms with E-state index in [1.165, 1.54) is 11.3 Å². The molecule has 0 spiro atoms. The van der Waals surface area contributed by atoms with E-state index in [0.717, 1.165) is 11.3 Å². The quantitative estimate of drug-likeness (QED) is 0.724. The maximum absolute atomic E-state index is 12.3. The highest BCUT2D eigenvalue weighted by molar-refractivity contribution is 7.89. The van der Waals surface area contributed by atoms with Gasteiger partial charge in [0.1, 0.15) is 0 Å². The second-order valence-corrected chi connectivity index (χ2v) is 7.61. The summed E-state index contributed by atoms with van der Waals surface area (Å²) in [7, 11) is 0.419. The van der Waals surface area contributed by atoms with Gasteiger partial charge in [-0.1, -0.05) is 6.92 Å². The molecule has 1 rings (SSSR count). The monoisotopic (exact) mass is 319 g/mol. The maximum atomic E-state index is 12.3. The molecule has 1 aromatic rings. The van der Waals surface area contributed by atoms with Crippen molar-refractivity contribution in [3.05, 3.63) is 16.3 Å². The van der Waals surface area contributed by atoms with Crippen LogP contribution in [0.1, 0.15) is 25.1 Å². The van der Waals surface area contributed by atoms with Crippen molar-refractivity contribution in [2.75, 3.05) is 27.2 Å². The molecule has 1 atom stereocenters. The Balaban J connectivity index is 2.60. The Morgan fingerprint density at radius 3 is 2.75 bits per heavy atom. The Bertz CT molecular complexity index is 499. The Hall–Kier alpha value is -0.470. The van der Waals surface area contributed by atoms with Gasteiger partial charge in [-0.3, -0.25) is 0 Å². The highest BCUT2D eigenvalue weighted by Gasteiger charge is 2.19. The van der Waals surface area contributed by atoms with Crippen molar-refractivity contribution in [2.24, 2.45) is 0 Å². The zero-order valence-electron chi connectivity index (χ0n) is 12.6. The van der Waals surface area contributed by atoms with Crippen LogP contribution in [0.5, 0.6) is 0 Å². The molecule has 5 nitrogen and oxygen atoms in total. The number of nitrogens with one attached hydrogen (secondary N) is 2. The number of sulfonamides is 1. The van der Waals surface area contributed by atoms with Gasteiger partial charge in [-0.05, 0) is 38.9 Å². The highest BCUT2D eigenvalue weighted by Crippen LogP contribution is 2.21. The van der Waals surface area contributed by atoms with Gasteiger partial charge in [0.15, 0.2) is 0 Å². The van der Waals surface area contributed by atoms with Crippen molar-refractivity contribution in [2.45, 2.75) is 37.8 Å². The van der Waals surface area contributed by atoms with Crippen molar-refractivity contribution >= 4 is 21.4 Å². The van der Waals surface area contributed by atoms with Crippen LogP contribution in [0.25, 0.3) is 0 Å². The van der Waals surface area contributed by atoms with Crippen LogP contribution in [0.2, 0.25) is 0 Å². The fraction of sp³-hybridized carbons (Fsp3) is 0.692. The van der Waals surface area contributed by atoms with Crippen LogP contribution in [0.3, 0.4) is 0 Å².